The Labute approximate surface area is 146 Å². The lowest BCUT2D eigenvalue weighted by molar-refractivity contribution is 0.0740. The monoisotopic (exact) mass is 342 g/mol. The summed E-state index contributed by atoms with van der Waals surface area (Å²) in [5.41, 5.74) is 2.10. The van der Waals surface area contributed by atoms with Crippen molar-refractivity contribution in [1.29, 1.82) is 0 Å². The van der Waals surface area contributed by atoms with Crippen LogP contribution < -0.4 is 0 Å². The number of nitrogens with zero attached hydrogens (tertiary/aromatic N) is 4. The number of aryl methyl sites for hydroxylation is 1. The third-order valence-electron chi connectivity index (χ3n) is 5.19. The average Bonchev–Trinajstić information content (AvgIpc) is 2.82. The summed E-state index contributed by atoms with van der Waals surface area (Å²) >= 11 is 1.22. The van der Waals surface area contributed by atoms with Crippen molar-refractivity contribution in [3.05, 3.63) is 46.5 Å². The van der Waals surface area contributed by atoms with Gasteiger partial charge in [-0.25, -0.2) is 0 Å². The van der Waals surface area contributed by atoms with Crippen LogP contribution in [0, 0.1) is 12.8 Å². The molecule has 3 fully saturated rings. The molecule has 2 atom stereocenters. The number of piperidine rings is 1. The predicted molar refractivity (Wildman–Crippen MR) is 93.9 cm³/mol. The van der Waals surface area contributed by atoms with Crippen molar-refractivity contribution in [3.8, 4) is 0 Å². The molecule has 1 aromatic heterocycles. The number of amides is 1. The van der Waals surface area contributed by atoms with Gasteiger partial charge in [0.25, 0.3) is 5.91 Å². The molecule has 1 aromatic carbocycles. The van der Waals surface area contributed by atoms with Gasteiger partial charge in [-0.3, -0.25) is 9.69 Å². The molecule has 6 heteroatoms. The van der Waals surface area contributed by atoms with Crippen LogP contribution in [0.25, 0.3) is 0 Å². The summed E-state index contributed by atoms with van der Waals surface area (Å²) < 4.78 is 3.92. The van der Waals surface area contributed by atoms with Crippen molar-refractivity contribution in [2.45, 2.75) is 32.4 Å². The highest BCUT2D eigenvalue weighted by atomic mass is 32.1. The first-order valence-electron chi connectivity index (χ1n) is 8.57. The Bertz CT molecular complexity index is 717. The highest BCUT2D eigenvalue weighted by molar-refractivity contribution is 7.07. The normalized spacial score (nSPS) is 24.1. The molecular formula is C18H22N4OS. The first kappa shape index (κ1) is 15.7. The largest absolute Gasteiger partial charge is 0.336 e. The molecule has 0 saturated carbocycles. The van der Waals surface area contributed by atoms with Crippen LogP contribution in [0.4, 0.5) is 0 Å². The van der Waals surface area contributed by atoms with Gasteiger partial charge in [-0.1, -0.05) is 34.8 Å². The number of fused-ring (bicyclic) bond motifs is 4. The first-order chi connectivity index (χ1) is 11.7. The molecule has 3 aliphatic rings. The van der Waals surface area contributed by atoms with Crippen LogP contribution in [0.3, 0.4) is 0 Å². The van der Waals surface area contributed by atoms with E-state index in [-0.39, 0.29) is 5.91 Å². The van der Waals surface area contributed by atoms with E-state index in [0.29, 0.717) is 16.8 Å². The topological polar surface area (TPSA) is 49.3 Å². The zero-order valence-electron chi connectivity index (χ0n) is 13.9. The maximum Gasteiger partial charge on any atom is 0.267 e. The number of carbonyl (C=O) groups is 1. The van der Waals surface area contributed by atoms with Crippen LogP contribution in [-0.4, -0.2) is 51.0 Å². The molecule has 5 nitrogen and oxygen atoms in total. The lowest BCUT2D eigenvalue weighted by Crippen LogP contribution is -2.43. The van der Waals surface area contributed by atoms with Gasteiger partial charge in [0.2, 0.25) is 0 Å². The zero-order valence-corrected chi connectivity index (χ0v) is 14.7. The molecule has 5 rings (SSSR count). The number of hydrogen-bond donors (Lipinski definition) is 0. The Morgan fingerprint density at radius 3 is 2.79 bits per heavy atom. The molecule has 3 aliphatic heterocycles. The summed E-state index contributed by atoms with van der Waals surface area (Å²) in [4.78, 5) is 18.2. The second-order valence-corrected chi connectivity index (χ2v) is 7.66. The highest BCUT2D eigenvalue weighted by Crippen LogP contribution is 2.30. The average molecular weight is 342 g/mol. The van der Waals surface area contributed by atoms with E-state index in [4.69, 9.17) is 0 Å². The maximum atomic E-state index is 12.9. The molecule has 0 radical (unpaired) electrons. The van der Waals surface area contributed by atoms with E-state index in [1.807, 2.05) is 11.8 Å². The van der Waals surface area contributed by atoms with Crippen LogP contribution >= 0.6 is 11.5 Å². The second-order valence-electron chi connectivity index (χ2n) is 6.91. The third kappa shape index (κ3) is 3.08. The molecule has 1 amide bonds. The first-order valence-corrected chi connectivity index (χ1v) is 9.34. The van der Waals surface area contributed by atoms with Crippen molar-refractivity contribution in [3.63, 3.8) is 0 Å². The second kappa shape index (κ2) is 6.61. The maximum absolute atomic E-state index is 12.9. The van der Waals surface area contributed by atoms with Gasteiger partial charge in [-0.05, 0) is 42.8 Å². The fourth-order valence-corrected chi connectivity index (χ4v) is 4.55. The van der Waals surface area contributed by atoms with Gasteiger partial charge >= 0.3 is 0 Å². The molecule has 4 heterocycles. The minimum atomic E-state index is 0.112. The fraction of sp³-hybridized carbons (Fsp3) is 0.500. The van der Waals surface area contributed by atoms with Crippen LogP contribution in [0.2, 0.25) is 0 Å². The lowest BCUT2D eigenvalue weighted by atomic mass is 9.94. The summed E-state index contributed by atoms with van der Waals surface area (Å²) in [7, 11) is 0. The molecule has 0 unspecified atom stereocenters. The van der Waals surface area contributed by atoms with E-state index in [9.17, 15) is 4.79 Å². The van der Waals surface area contributed by atoms with Gasteiger partial charge in [0.15, 0.2) is 0 Å². The Morgan fingerprint density at radius 1 is 1.21 bits per heavy atom. The molecule has 2 aromatic rings. The van der Waals surface area contributed by atoms with E-state index in [0.717, 1.165) is 31.9 Å². The minimum absolute atomic E-state index is 0.112. The smallest absolute Gasteiger partial charge is 0.267 e. The number of carbonyl (C=O) groups excluding carboxylic acids is 1. The van der Waals surface area contributed by atoms with Gasteiger partial charge < -0.3 is 4.90 Å². The predicted octanol–water partition coefficient (Wildman–Crippen LogP) is 2.58. The number of rotatable bonds is 3. The van der Waals surface area contributed by atoms with Crippen LogP contribution in [0.5, 0.6) is 0 Å². The van der Waals surface area contributed by atoms with Gasteiger partial charge in [0.05, 0.1) is 5.69 Å². The summed E-state index contributed by atoms with van der Waals surface area (Å²) in [5, 5.41) is 3.99. The molecule has 24 heavy (non-hydrogen) atoms. The Balaban J connectivity index is 1.50. The van der Waals surface area contributed by atoms with Gasteiger partial charge in [0, 0.05) is 32.2 Å². The SMILES string of the molecule is Cc1nnsc1C(=O)N1C[C@@H]2CC[C@H](C1)N(Cc1ccccc1)C2. The quantitative estimate of drug-likeness (QED) is 0.860. The third-order valence-corrected chi connectivity index (χ3v) is 6.00. The fourth-order valence-electron chi connectivity index (χ4n) is 3.93. The number of hydrogen-bond acceptors (Lipinski definition) is 5. The molecule has 0 N–H and O–H groups in total. The Morgan fingerprint density at radius 2 is 2.04 bits per heavy atom. The lowest BCUT2D eigenvalue weighted by Gasteiger charge is -2.36. The van der Waals surface area contributed by atoms with E-state index >= 15 is 0 Å². The molecule has 3 saturated heterocycles. The van der Waals surface area contributed by atoms with Gasteiger partial charge in [0.1, 0.15) is 4.88 Å². The van der Waals surface area contributed by atoms with Crippen molar-refractivity contribution in [2.24, 2.45) is 5.92 Å². The standard InChI is InChI=1S/C18H22N4OS/c1-13-17(24-20-19-13)18(23)22-11-15-7-8-16(12-22)21(10-15)9-14-5-3-2-4-6-14/h2-6,15-16H,7-12H2,1H3/t15-,16-/m1/s1. The van der Waals surface area contributed by atoms with Crippen molar-refractivity contribution >= 4 is 17.4 Å². The summed E-state index contributed by atoms with van der Waals surface area (Å²) in [6.45, 7) is 5.61. The minimum Gasteiger partial charge on any atom is -0.336 e. The molecular weight excluding hydrogens is 320 g/mol. The molecule has 2 bridgehead atoms. The van der Waals surface area contributed by atoms with Crippen molar-refractivity contribution in [1.82, 2.24) is 19.4 Å². The summed E-state index contributed by atoms with van der Waals surface area (Å²) in [6, 6.07) is 11.1. The van der Waals surface area contributed by atoms with Crippen LogP contribution in [0.1, 0.15) is 33.8 Å². The van der Waals surface area contributed by atoms with Gasteiger partial charge in [-0.15, -0.1) is 5.10 Å². The van der Waals surface area contributed by atoms with Crippen molar-refractivity contribution in [2.75, 3.05) is 19.6 Å². The molecule has 0 spiro atoms. The van der Waals surface area contributed by atoms with E-state index in [1.54, 1.807) is 0 Å². The van der Waals surface area contributed by atoms with Gasteiger partial charge in [-0.2, -0.15) is 0 Å². The zero-order chi connectivity index (χ0) is 16.5. The number of benzene rings is 1. The molecule has 0 aliphatic carbocycles. The van der Waals surface area contributed by atoms with Crippen molar-refractivity contribution < 1.29 is 4.79 Å². The summed E-state index contributed by atoms with van der Waals surface area (Å²) in [5.74, 6) is 0.679. The molecule has 126 valence electrons. The van der Waals surface area contributed by atoms with E-state index < -0.39 is 0 Å². The summed E-state index contributed by atoms with van der Waals surface area (Å²) in [6.07, 6.45) is 2.40. The van der Waals surface area contributed by atoms with E-state index in [2.05, 4.69) is 44.8 Å². The number of aromatic nitrogens is 2. The van der Waals surface area contributed by atoms with E-state index in [1.165, 1.54) is 29.9 Å². The highest BCUT2D eigenvalue weighted by Gasteiger charge is 2.37. The Kier molecular flexibility index (Phi) is 4.33. The van der Waals surface area contributed by atoms with Crippen LogP contribution in [0.15, 0.2) is 30.3 Å². The van der Waals surface area contributed by atoms with Crippen LogP contribution in [-0.2, 0) is 6.54 Å². The Hall–Kier alpha value is -1.79.